The molecule has 0 saturated heterocycles. The van der Waals surface area contributed by atoms with Gasteiger partial charge in [-0.3, -0.25) is 0 Å². The molecule has 0 bridgehead atoms. The Morgan fingerprint density at radius 3 is 2.00 bits per heavy atom. The van der Waals surface area contributed by atoms with Crippen LogP contribution in [0.15, 0.2) is 0 Å². The minimum atomic E-state index is -1.21. The van der Waals surface area contributed by atoms with Crippen molar-refractivity contribution in [3.05, 3.63) is 0 Å². The van der Waals surface area contributed by atoms with Crippen LogP contribution < -0.4 is 5.73 Å². The molecular weight excluding hydrogens is 78.0 g/mol. The molecule has 0 fully saturated rings. The number of hydrogen-bond acceptors (Lipinski definition) is 1. The maximum absolute atomic E-state index is 8.49. The van der Waals surface area contributed by atoms with Gasteiger partial charge in [-0.25, -0.2) is 5.73 Å². The monoisotopic (exact) mass is 88.1 g/mol. The molecule has 0 aromatic heterocycles. The van der Waals surface area contributed by atoms with Crippen molar-refractivity contribution in [2.24, 2.45) is 0 Å². The molecule has 0 heterocycles. The van der Waals surface area contributed by atoms with Crippen LogP contribution in [-0.2, 0) is 0 Å². The Balaban J connectivity index is 3.17. The van der Waals surface area contributed by atoms with E-state index in [0.717, 1.165) is 0 Å². The SMILES string of the molecule is CCC(C)([NH])O. The smallest absolute Gasteiger partial charge is 0.125 e. The van der Waals surface area contributed by atoms with E-state index in [-0.39, 0.29) is 0 Å². The summed E-state index contributed by atoms with van der Waals surface area (Å²) in [5, 5.41) is 8.49. The van der Waals surface area contributed by atoms with Crippen molar-refractivity contribution in [3.63, 3.8) is 0 Å². The van der Waals surface area contributed by atoms with Crippen molar-refractivity contribution in [3.8, 4) is 0 Å². The molecule has 0 rings (SSSR count). The van der Waals surface area contributed by atoms with Crippen LogP contribution in [-0.4, -0.2) is 10.8 Å². The molecule has 1 radical (unpaired) electrons. The quantitative estimate of drug-likeness (QED) is 0.495. The molecule has 0 aromatic carbocycles. The third kappa shape index (κ3) is 3.92. The van der Waals surface area contributed by atoms with Gasteiger partial charge in [-0.05, 0) is 13.3 Å². The molecular formula is C4H10NO. The van der Waals surface area contributed by atoms with Crippen molar-refractivity contribution in [1.29, 1.82) is 0 Å². The van der Waals surface area contributed by atoms with E-state index in [1.165, 1.54) is 6.92 Å². The zero-order chi connectivity index (χ0) is 5.21. The average Bonchev–Trinajstić information content (AvgIpc) is 1.35. The topological polar surface area (TPSA) is 44.0 Å². The summed E-state index contributed by atoms with van der Waals surface area (Å²) in [6, 6.07) is 0. The summed E-state index contributed by atoms with van der Waals surface area (Å²) in [4.78, 5) is 0. The second-order valence-corrected chi connectivity index (χ2v) is 1.63. The molecule has 1 atom stereocenters. The van der Waals surface area contributed by atoms with E-state index in [1.807, 2.05) is 0 Å². The van der Waals surface area contributed by atoms with Crippen LogP contribution in [0.2, 0.25) is 0 Å². The fourth-order valence-electron chi connectivity index (χ4n) is 0. The van der Waals surface area contributed by atoms with Crippen molar-refractivity contribution < 1.29 is 5.11 Å². The molecule has 2 nitrogen and oxygen atoms in total. The highest BCUT2D eigenvalue weighted by Crippen LogP contribution is 1.97. The predicted molar refractivity (Wildman–Crippen MR) is 24.0 cm³/mol. The average molecular weight is 88.1 g/mol. The molecule has 2 N–H and O–H groups in total. The largest absolute Gasteiger partial charge is 0.375 e. The van der Waals surface area contributed by atoms with Crippen molar-refractivity contribution in [1.82, 2.24) is 5.73 Å². The molecule has 1 unspecified atom stereocenters. The first-order valence-electron chi connectivity index (χ1n) is 2.03. The van der Waals surface area contributed by atoms with E-state index in [1.54, 1.807) is 6.92 Å². The maximum atomic E-state index is 8.49. The predicted octanol–water partition coefficient (Wildman–Crippen LogP) is 0.388. The first kappa shape index (κ1) is 5.92. The van der Waals surface area contributed by atoms with Crippen molar-refractivity contribution >= 4 is 0 Å². The second kappa shape index (κ2) is 1.58. The van der Waals surface area contributed by atoms with Crippen LogP contribution >= 0.6 is 0 Å². The van der Waals surface area contributed by atoms with E-state index in [0.29, 0.717) is 6.42 Å². The molecule has 0 amide bonds. The van der Waals surface area contributed by atoms with Gasteiger partial charge in [-0.2, -0.15) is 0 Å². The lowest BCUT2D eigenvalue weighted by atomic mass is 10.2. The van der Waals surface area contributed by atoms with Crippen LogP contribution in [0.1, 0.15) is 20.3 Å². The van der Waals surface area contributed by atoms with E-state index >= 15 is 0 Å². The van der Waals surface area contributed by atoms with Crippen LogP contribution in [0.4, 0.5) is 0 Å². The van der Waals surface area contributed by atoms with Crippen LogP contribution in [0.25, 0.3) is 0 Å². The second-order valence-electron chi connectivity index (χ2n) is 1.63. The Bertz CT molecular complexity index is 37.3. The minimum Gasteiger partial charge on any atom is -0.375 e. The summed E-state index contributed by atoms with van der Waals surface area (Å²) < 4.78 is 0. The van der Waals surface area contributed by atoms with Gasteiger partial charge in [-0.15, -0.1) is 0 Å². The Hall–Kier alpha value is -0.0800. The summed E-state index contributed by atoms with van der Waals surface area (Å²) >= 11 is 0. The van der Waals surface area contributed by atoms with E-state index in [4.69, 9.17) is 10.8 Å². The van der Waals surface area contributed by atoms with Gasteiger partial charge in [0.1, 0.15) is 5.72 Å². The fourth-order valence-corrected chi connectivity index (χ4v) is 0. The molecule has 0 saturated carbocycles. The van der Waals surface area contributed by atoms with Gasteiger partial charge in [0.05, 0.1) is 0 Å². The lowest BCUT2D eigenvalue weighted by molar-refractivity contribution is 0.0549. The summed E-state index contributed by atoms with van der Waals surface area (Å²) in [5.74, 6) is 0. The third-order valence-corrected chi connectivity index (χ3v) is 0.688. The molecule has 0 aliphatic heterocycles. The Kier molecular flexibility index (Phi) is 1.56. The maximum Gasteiger partial charge on any atom is 0.125 e. The van der Waals surface area contributed by atoms with Gasteiger partial charge in [0.25, 0.3) is 0 Å². The molecule has 0 aliphatic rings. The summed E-state index contributed by atoms with van der Waals surface area (Å²) in [6.07, 6.45) is 0.493. The van der Waals surface area contributed by atoms with Crippen molar-refractivity contribution in [2.45, 2.75) is 26.0 Å². The number of nitrogens with one attached hydrogen (secondary N) is 1. The molecule has 6 heavy (non-hydrogen) atoms. The number of aliphatic hydroxyl groups is 1. The first-order valence-corrected chi connectivity index (χ1v) is 2.03. The lowest BCUT2D eigenvalue weighted by Crippen LogP contribution is -2.23. The lowest BCUT2D eigenvalue weighted by Gasteiger charge is -2.10. The minimum absolute atomic E-state index is 0.493. The fraction of sp³-hybridized carbons (Fsp3) is 1.00. The van der Waals surface area contributed by atoms with Gasteiger partial charge in [0, 0.05) is 0 Å². The number of rotatable bonds is 1. The highest BCUT2D eigenvalue weighted by Gasteiger charge is 2.07. The van der Waals surface area contributed by atoms with E-state index in [2.05, 4.69) is 0 Å². The van der Waals surface area contributed by atoms with Gasteiger partial charge in [0.15, 0.2) is 0 Å². The molecule has 2 heteroatoms. The molecule has 0 aromatic rings. The first-order chi connectivity index (χ1) is 2.56. The van der Waals surface area contributed by atoms with Crippen LogP contribution in [0.5, 0.6) is 0 Å². The summed E-state index contributed by atoms with van der Waals surface area (Å²) in [5.41, 5.74) is 5.53. The Morgan fingerprint density at radius 1 is 1.83 bits per heavy atom. The Morgan fingerprint density at radius 2 is 2.00 bits per heavy atom. The highest BCUT2D eigenvalue weighted by atomic mass is 16.3. The van der Waals surface area contributed by atoms with E-state index < -0.39 is 5.72 Å². The zero-order valence-electron chi connectivity index (χ0n) is 4.15. The Labute approximate surface area is 38.0 Å². The van der Waals surface area contributed by atoms with Gasteiger partial charge < -0.3 is 5.11 Å². The van der Waals surface area contributed by atoms with Gasteiger partial charge in [0.2, 0.25) is 0 Å². The molecule has 0 spiro atoms. The summed E-state index contributed by atoms with van der Waals surface area (Å²) in [7, 11) is 0. The summed E-state index contributed by atoms with van der Waals surface area (Å²) in [6.45, 7) is 3.24. The zero-order valence-corrected chi connectivity index (χ0v) is 4.15. The van der Waals surface area contributed by atoms with Crippen molar-refractivity contribution in [2.75, 3.05) is 0 Å². The molecule has 0 aliphatic carbocycles. The van der Waals surface area contributed by atoms with Gasteiger partial charge in [-0.1, -0.05) is 6.92 Å². The molecule has 37 valence electrons. The van der Waals surface area contributed by atoms with Crippen LogP contribution in [0, 0.1) is 0 Å². The van der Waals surface area contributed by atoms with Crippen LogP contribution in [0.3, 0.4) is 0 Å². The normalized spacial score (nSPS) is 20.0. The third-order valence-electron chi connectivity index (χ3n) is 0.688. The number of hydrogen-bond donors (Lipinski definition) is 1. The van der Waals surface area contributed by atoms with E-state index in [9.17, 15) is 0 Å². The highest BCUT2D eigenvalue weighted by molar-refractivity contribution is 4.55. The standard InChI is InChI=1S/C4H10NO/c1-3-4(2,5)6/h5-6H,3H2,1-2H3. The van der Waals surface area contributed by atoms with Gasteiger partial charge >= 0.3 is 0 Å².